The monoisotopic (exact) mass is 372 g/mol. The Bertz CT molecular complexity index is 841. The molecule has 0 N–H and O–H groups in total. The highest BCUT2D eigenvalue weighted by molar-refractivity contribution is 9.10. The predicted octanol–water partition coefficient (Wildman–Crippen LogP) is 3.49. The van der Waals surface area contributed by atoms with Crippen LogP contribution in [0, 0.1) is 0 Å². The highest BCUT2D eigenvalue weighted by Crippen LogP contribution is 2.16. The maximum absolute atomic E-state index is 12.6. The van der Waals surface area contributed by atoms with Gasteiger partial charge in [0.2, 0.25) is 0 Å². The number of carbonyl (C=O) groups excluding carboxylic acids is 1. The van der Waals surface area contributed by atoms with Crippen molar-refractivity contribution in [3.63, 3.8) is 0 Å². The first-order valence-electron chi connectivity index (χ1n) is 7.41. The third-order valence-electron chi connectivity index (χ3n) is 3.74. The Kier molecular flexibility index (Phi) is 4.43. The summed E-state index contributed by atoms with van der Waals surface area (Å²) in [7, 11) is 1.80. The normalized spacial score (nSPS) is 10.9. The quantitative estimate of drug-likeness (QED) is 0.704. The first-order valence-corrected chi connectivity index (χ1v) is 8.21. The van der Waals surface area contributed by atoms with E-state index in [4.69, 9.17) is 0 Å². The van der Waals surface area contributed by atoms with E-state index in [9.17, 15) is 4.79 Å². The van der Waals surface area contributed by atoms with Crippen LogP contribution in [0.1, 0.15) is 22.8 Å². The maximum Gasteiger partial charge on any atom is 0.253 e. The lowest BCUT2D eigenvalue weighted by atomic mass is 10.1. The van der Waals surface area contributed by atoms with Crippen LogP contribution in [0.25, 0.3) is 11.0 Å². The maximum atomic E-state index is 12.6. The van der Waals surface area contributed by atoms with E-state index in [1.165, 1.54) is 0 Å². The Morgan fingerprint density at radius 1 is 1.22 bits per heavy atom. The molecule has 0 atom stereocenters. The molecule has 0 spiro atoms. The largest absolute Gasteiger partial charge is 0.337 e. The molecule has 23 heavy (non-hydrogen) atoms. The van der Waals surface area contributed by atoms with Crippen molar-refractivity contribution in [2.24, 2.45) is 0 Å². The number of nitrogens with zero attached hydrogens (tertiary/aromatic N) is 4. The third-order valence-corrected chi connectivity index (χ3v) is 4.27. The van der Waals surface area contributed by atoms with Crippen LogP contribution in [0.3, 0.4) is 0 Å². The minimum Gasteiger partial charge on any atom is -0.337 e. The Morgan fingerprint density at radius 3 is 2.65 bits per heavy atom. The van der Waals surface area contributed by atoms with Crippen molar-refractivity contribution in [3.05, 3.63) is 58.1 Å². The molecule has 6 heteroatoms. The number of amides is 1. The summed E-state index contributed by atoms with van der Waals surface area (Å²) in [6, 6.07) is 13.5. The summed E-state index contributed by atoms with van der Waals surface area (Å²) in [4.78, 5) is 14.3. The van der Waals surface area contributed by atoms with Crippen LogP contribution in [-0.4, -0.2) is 32.8 Å². The van der Waals surface area contributed by atoms with E-state index < -0.39 is 0 Å². The topological polar surface area (TPSA) is 51.0 Å². The fraction of sp³-hybridized carbons (Fsp3) is 0.235. The van der Waals surface area contributed by atoms with Gasteiger partial charge in [-0.15, -0.1) is 5.10 Å². The molecule has 0 bridgehead atoms. The van der Waals surface area contributed by atoms with Gasteiger partial charge in [0.1, 0.15) is 5.52 Å². The smallest absolute Gasteiger partial charge is 0.253 e. The minimum atomic E-state index is -0.0270. The number of carbonyl (C=O) groups is 1. The fourth-order valence-electron chi connectivity index (χ4n) is 2.49. The van der Waals surface area contributed by atoms with Crippen molar-refractivity contribution >= 4 is 32.9 Å². The van der Waals surface area contributed by atoms with Gasteiger partial charge in [-0.1, -0.05) is 33.3 Å². The molecule has 0 aliphatic carbocycles. The molecule has 1 aromatic heterocycles. The molecule has 0 aliphatic rings. The lowest BCUT2D eigenvalue weighted by Gasteiger charge is -2.17. The average Bonchev–Trinajstić information content (AvgIpc) is 2.98. The van der Waals surface area contributed by atoms with Gasteiger partial charge >= 0.3 is 0 Å². The lowest BCUT2D eigenvalue weighted by Crippen LogP contribution is -2.26. The molecule has 1 heterocycles. The molecule has 3 aromatic rings. The van der Waals surface area contributed by atoms with Gasteiger partial charge in [0, 0.05) is 30.2 Å². The van der Waals surface area contributed by atoms with E-state index in [1.807, 2.05) is 48.0 Å². The summed E-state index contributed by atoms with van der Waals surface area (Å²) in [5.41, 5.74) is 3.40. The van der Waals surface area contributed by atoms with Crippen molar-refractivity contribution in [1.29, 1.82) is 0 Å². The average molecular weight is 373 g/mol. The number of aromatic nitrogens is 3. The van der Waals surface area contributed by atoms with Crippen molar-refractivity contribution < 1.29 is 4.79 Å². The van der Waals surface area contributed by atoms with Gasteiger partial charge in [0.25, 0.3) is 5.91 Å². The zero-order valence-corrected chi connectivity index (χ0v) is 14.6. The zero-order valence-electron chi connectivity index (χ0n) is 13.0. The second-order valence-electron chi connectivity index (χ2n) is 5.40. The first kappa shape index (κ1) is 15.7. The second-order valence-corrected chi connectivity index (χ2v) is 6.31. The Labute approximate surface area is 143 Å². The summed E-state index contributed by atoms with van der Waals surface area (Å²) in [5.74, 6) is -0.0270. The molecule has 0 radical (unpaired) electrons. The molecule has 0 fully saturated rings. The van der Waals surface area contributed by atoms with Crippen molar-refractivity contribution in [2.45, 2.75) is 20.0 Å². The van der Waals surface area contributed by atoms with Gasteiger partial charge in [-0.25, -0.2) is 4.68 Å². The van der Waals surface area contributed by atoms with Crippen LogP contribution in [0.5, 0.6) is 0 Å². The highest BCUT2D eigenvalue weighted by Gasteiger charge is 2.14. The second kappa shape index (κ2) is 6.50. The summed E-state index contributed by atoms with van der Waals surface area (Å²) in [6.45, 7) is 3.33. The third kappa shape index (κ3) is 3.27. The molecular weight excluding hydrogens is 356 g/mol. The number of hydrogen-bond donors (Lipinski definition) is 0. The number of rotatable bonds is 4. The van der Waals surface area contributed by atoms with E-state index in [2.05, 4.69) is 26.2 Å². The summed E-state index contributed by atoms with van der Waals surface area (Å²) in [6.07, 6.45) is 0. The van der Waals surface area contributed by atoms with Gasteiger partial charge in [0.05, 0.1) is 5.52 Å². The summed E-state index contributed by atoms with van der Waals surface area (Å²) < 4.78 is 2.84. The molecule has 1 amide bonds. The zero-order chi connectivity index (χ0) is 16.4. The Morgan fingerprint density at radius 2 is 1.96 bits per heavy atom. The Balaban J connectivity index is 1.80. The van der Waals surface area contributed by atoms with Gasteiger partial charge in [-0.3, -0.25) is 4.79 Å². The number of halogens is 1. The SMILES string of the molecule is CCn1nnc2cc(C(=O)N(C)Cc3ccc(Br)cc3)ccc21. The van der Waals surface area contributed by atoms with Crippen LogP contribution in [-0.2, 0) is 13.1 Å². The predicted molar refractivity (Wildman–Crippen MR) is 93.1 cm³/mol. The van der Waals surface area contributed by atoms with E-state index in [0.717, 1.165) is 27.6 Å². The molecule has 0 unspecified atom stereocenters. The highest BCUT2D eigenvalue weighted by atomic mass is 79.9. The van der Waals surface area contributed by atoms with Crippen LogP contribution in [0.4, 0.5) is 0 Å². The number of hydrogen-bond acceptors (Lipinski definition) is 3. The lowest BCUT2D eigenvalue weighted by molar-refractivity contribution is 0.0785. The molecule has 3 rings (SSSR count). The molecule has 0 saturated heterocycles. The number of benzene rings is 2. The van der Waals surface area contributed by atoms with Gasteiger partial charge < -0.3 is 4.90 Å². The Hall–Kier alpha value is -2.21. The van der Waals surface area contributed by atoms with Gasteiger partial charge in [-0.05, 0) is 42.8 Å². The number of aryl methyl sites for hydroxylation is 1. The van der Waals surface area contributed by atoms with Crippen molar-refractivity contribution in [1.82, 2.24) is 19.9 Å². The van der Waals surface area contributed by atoms with E-state index in [-0.39, 0.29) is 5.91 Å². The van der Waals surface area contributed by atoms with E-state index >= 15 is 0 Å². The van der Waals surface area contributed by atoms with E-state index in [0.29, 0.717) is 12.1 Å². The molecule has 5 nitrogen and oxygen atoms in total. The van der Waals surface area contributed by atoms with Crippen molar-refractivity contribution in [2.75, 3.05) is 7.05 Å². The fourth-order valence-corrected chi connectivity index (χ4v) is 2.76. The van der Waals surface area contributed by atoms with Gasteiger partial charge in [0.15, 0.2) is 0 Å². The van der Waals surface area contributed by atoms with E-state index in [1.54, 1.807) is 18.0 Å². The standard InChI is InChI=1S/C17H17BrN4O/c1-3-22-16-9-6-13(10-15(16)19-20-22)17(23)21(2)11-12-4-7-14(18)8-5-12/h4-10H,3,11H2,1-2H3. The van der Waals surface area contributed by atoms with Crippen LogP contribution >= 0.6 is 15.9 Å². The molecular formula is C17H17BrN4O. The minimum absolute atomic E-state index is 0.0270. The molecule has 118 valence electrons. The van der Waals surface area contributed by atoms with Gasteiger partial charge in [-0.2, -0.15) is 0 Å². The van der Waals surface area contributed by atoms with Crippen LogP contribution < -0.4 is 0 Å². The summed E-state index contributed by atoms with van der Waals surface area (Å²) >= 11 is 3.41. The molecule has 0 aliphatic heterocycles. The number of fused-ring (bicyclic) bond motifs is 1. The first-order chi connectivity index (χ1) is 11.1. The van der Waals surface area contributed by atoms with Crippen LogP contribution in [0.2, 0.25) is 0 Å². The van der Waals surface area contributed by atoms with Crippen molar-refractivity contribution in [3.8, 4) is 0 Å². The summed E-state index contributed by atoms with van der Waals surface area (Å²) in [5, 5.41) is 8.19. The molecule has 2 aromatic carbocycles. The molecule has 0 saturated carbocycles. The van der Waals surface area contributed by atoms with Crippen LogP contribution in [0.15, 0.2) is 46.9 Å².